The maximum Gasteiger partial charge on any atom is 0.181 e. The van der Waals surface area contributed by atoms with Crippen LogP contribution in [0.2, 0.25) is 0 Å². The molecule has 1 N–H and O–H groups in total. The van der Waals surface area contributed by atoms with Gasteiger partial charge in [0, 0.05) is 17.3 Å². The molecule has 2 saturated carbocycles. The van der Waals surface area contributed by atoms with E-state index in [0.29, 0.717) is 6.04 Å². The van der Waals surface area contributed by atoms with Gasteiger partial charge >= 0.3 is 0 Å². The van der Waals surface area contributed by atoms with Crippen molar-refractivity contribution >= 4 is 5.69 Å². The molecule has 19 heavy (non-hydrogen) atoms. The predicted molar refractivity (Wildman–Crippen MR) is 74.8 cm³/mol. The average molecular weight is 254 g/mol. The molecule has 1 heterocycles. The van der Waals surface area contributed by atoms with Crippen molar-refractivity contribution < 1.29 is 4.42 Å². The number of nitrogens with zero attached hydrogens (tertiary/aromatic N) is 1. The topological polar surface area (TPSA) is 38.1 Å². The minimum Gasteiger partial charge on any atom is -0.444 e. The van der Waals surface area contributed by atoms with E-state index in [0.717, 1.165) is 23.2 Å². The molecule has 2 aliphatic carbocycles. The van der Waals surface area contributed by atoms with E-state index in [-0.39, 0.29) is 0 Å². The molecule has 0 radical (unpaired) electrons. The van der Waals surface area contributed by atoms with Gasteiger partial charge < -0.3 is 9.73 Å². The van der Waals surface area contributed by atoms with E-state index in [4.69, 9.17) is 4.42 Å². The molecule has 1 aromatic carbocycles. The maximum absolute atomic E-state index is 5.31. The first-order valence-corrected chi connectivity index (χ1v) is 7.15. The lowest BCUT2D eigenvalue weighted by atomic mass is 10.1. The van der Waals surface area contributed by atoms with Gasteiger partial charge in [0.15, 0.2) is 12.2 Å². The van der Waals surface area contributed by atoms with Crippen molar-refractivity contribution in [3.05, 3.63) is 36.9 Å². The van der Waals surface area contributed by atoms with Crippen LogP contribution in [0.5, 0.6) is 0 Å². The van der Waals surface area contributed by atoms with Crippen molar-refractivity contribution in [2.24, 2.45) is 11.8 Å². The number of hydrogen-bond donors (Lipinski definition) is 1. The molecule has 0 saturated heterocycles. The third kappa shape index (κ3) is 2.37. The normalized spacial score (nSPS) is 18.8. The number of rotatable bonds is 5. The van der Waals surface area contributed by atoms with Crippen LogP contribution in [0.1, 0.15) is 25.7 Å². The molecular weight excluding hydrogens is 236 g/mol. The summed E-state index contributed by atoms with van der Waals surface area (Å²) in [5.74, 6) is 2.66. The van der Waals surface area contributed by atoms with E-state index in [1.807, 2.05) is 0 Å². The van der Waals surface area contributed by atoms with Crippen molar-refractivity contribution in [2.45, 2.75) is 31.7 Å². The van der Waals surface area contributed by atoms with Gasteiger partial charge in [0.25, 0.3) is 0 Å². The molecule has 3 nitrogen and oxygen atoms in total. The zero-order chi connectivity index (χ0) is 12.7. The van der Waals surface area contributed by atoms with Crippen molar-refractivity contribution in [1.82, 2.24) is 4.98 Å². The minimum atomic E-state index is 0.705. The largest absolute Gasteiger partial charge is 0.444 e. The standard InChI is InChI=1S/C16H18N2O/c1-2-12(1)16(13-3-4-13)18-14-7-5-11(6-8-14)15-9-17-10-19-15/h5-10,12-13,16,18H,1-4H2. The van der Waals surface area contributed by atoms with Gasteiger partial charge in [-0.05, 0) is 61.8 Å². The van der Waals surface area contributed by atoms with Crippen LogP contribution in [-0.2, 0) is 0 Å². The highest BCUT2D eigenvalue weighted by molar-refractivity contribution is 5.60. The summed E-state index contributed by atoms with van der Waals surface area (Å²) in [5, 5.41) is 3.73. The van der Waals surface area contributed by atoms with Crippen LogP contribution in [0.15, 0.2) is 41.3 Å². The van der Waals surface area contributed by atoms with Gasteiger partial charge in [-0.25, -0.2) is 4.98 Å². The summed E-state index contributed by atoms with van der Waals surface area (Å²) in [7, 11) is 0. The Morgan fingerprint density at radius 1 is 1.05 bits per heavy atom. The van der Waals surface area contributed by atoms with E-state index in [1.165, 1.54) is 37.8 Å². The first kappa shape index (κ1) is 11.1. The third-order valence-electron chi connectivity index (χ3n) is 4.19. The molecule has 0 spiro atoms. The van der Waals surface area contributed by atoms with Crippen LogP contribution < -0.4 is 5.32 Å². The lowest BCUT2D eigenvalue weighted by molar-refractivity contribution is 0.567. The summed E-state index contributed by atoms with van der Waals surface area (Å²) < 4.78 is 5.31. The van der Waals surface area contributed by atoms with E-state index < -0.39 is 0 Å². The molecule has 4 rings (SSSR count). The summed E-state index contributed by atoms with van der Waals surface area (Å²) in [5.41, 5.74) is 2.31. The fourth-order valence-electron chi connectivity index (χ4n) is 2.81. The second-order valence-electron chi connectivity index (χ2n) is 5.79. The summed E-state index contributed by atoms with van der Waals surface area (Å²) in [6.45, 7) is 0. The summed E-state index contributed by atoms with van der Waals surface area (Å²) >= 11 is 0. The number of anilines is 1. The SMILES string of the molecule is c1ncc(-c2ccc(NC(C3CC3)C3CC3)cc2)o1. The molecule has 3 heteroatoms. The summed E-state index contributed by atoms with van der Waals surface area (Å²) in [6.07, 6.45) is 8.85. The van der Waals surface area contributed by atoms with E-state index in [1.54, 1.807) is 6.20 Å². The first-order valence-electron chi connectivity index (χ1n) is 7.15. The molecule has 0 amide bonds. The Morgan fingerprint density at radius 2 is 1.74 bits per heavy atom. The highest BCUT2D eigenvalue weighted by Gasteiger charge is 2.41. The Bertz CT molecular complexity index is 527. The van der Waals surface area contributed by atoms with Crippen LogP contribution in [0.4, 0.5) is 5.69 Å². The van der Waals surface area contributed by atoms with E-state index in [2.05, 4.69) is 34.6 Å². The monoisotopic (exact) mass is 254 g/mol. The van der Waals surface area contributed by atoms with Gasteiger partial charge in [-0.2, -0.15) is 0 Å². The lowest BCUT2D eigenvalue weighted by Gasteiger charge is -2.19. The molecule has 1 aromatic heterocycles. The predicted octanol–water partition coefficient (Wildman–Crippen LogP) is 3.94. The highest BCUT2D eigenvalue weighted by Crippen LogP contribution is 2.45. The molecule has 2 aromatic rings. The fraction of sp³-hybridized carbons (Fsp3) is 0.438. The molecule has 0 unspecified atom stereocenters. The average Bonchev–Trinajstić information content (AvgIpc) is 3.37. The van der Waals surface area contributed by atoms with Gasteiger partial charge in [0.05, 0.1) is 6.20 Å². The van der Waals surface area contributed by atoms with Crippen LogP contribution in [-0.4, -0.2) is 11.0 Å². The van der Waals surface area contributed by atoms with E-state index in [9.17, 15) is 0 Å². The lowest BCUT2D eigenvalue weighted by Crippen LogP contribution is -2.24. The van der Waals surface area contributed by atoms with Crippen molar-refractivity contribution in [3.63, 3.8) is 0 Å². The Balaban J connectivity index is 1.49. The third-order valence-corrected chi connectivity index (χ3v) is 4.19. The number of oxazole rings is 1. The van der Waals surface area contributed by atoms with Crippen LogP contribution >= 0.6 is 0 Å². The number of aromatic nitrogens is 1. The molecule has 2 aliphatic rings. The first-order chi connectivity index (χ1) is 9.40. The van der Waals surface area contributed by atoms with Gasteiger partial charge in [-0.3, -0.25) is 0 Å². The molecule has 0 aliphatic heterocycles. The molecule has 98 valence electrons. The Kier molecular flexibility index (Phi) is 2.57. The summed E-state index contributed by atoms with van der Waals surface area (Å²) in [6, 6.07) is 9.20. The summed E-state index contributed by atoms with van der Waals surface area (Å²) in [4.78, 5) is 3.95. The number of benzene rings is 1. The zero-order valence-electron chi connectivity index (χ0n) is 10.9. The quantitative estimate of drug-likeness (QED) is 0.878. The Morgan fingerprint density at radius 3 is 2.26 bits per heavy atom. The Hall–Kier alpha value is -1.77. The van der Waals surface area contributed by atoms with Gasteiger partial charge in [-0.15, -0.1) is 0 Å². The molecule has 0 bridgehead atoms. The maximum atomic E-state index is 5.31. The van der Waals surface area contributed by atoms with Crippen molar-refractivity contribution in [1.29, 1.82) is 0 Å². The molecule has 2 fully saturated rings. The second-order valence-corrected chi connectivity index (χ2v) is 5.79. The number of nitrogens with one attached hydrogen (secondary N) is 1. The van der Waals surface area contributed by atoms with Gasteiger partial charge in [0.2, 0.25) is 0 Å². The zero-order valence-corrected chi connectivity index (χ0v) is 10.9. The Labute approximate surface area is 113 Å². The van der Waals surface area contributed by atoms with Crippen LogP contribution in [0.3, 0.4) is 0 Å². The van der Waals surface area contributed by atoms with Crippen molar-refractivity contribution in [2.75, 3.05) is 5.32 Å². The molecular formula is C16H18N2O. The number of hydrogen-bond acceptors (Lipinski definition) is 3. The highest BCUT2D eigenvalue weighted by atomic mass is 16.3. The van der Waals surface area contributed by atoms with Crippen LogP contribution in [0.25, 0.3) is 11.3 Å². The van der Waals surface area contributed by atoms with Gasteiger partial charge in [0.1, 0.15) is 0 Å². The fourth-order valence-corrected chi connectivity index (χ4v) is 2.81. The second kappa shape index (κ2) is 4.41. The minimum absolute atomic E-state index is 0.705. The van der Waals surface area contributed by atoms with Crippen molar-refractivity contribution in [3.8, 4) is 11.3 Å². The van der Waals surface area contributed by atoms with Crippen LogP contribution in [0, 0.1) is 11.8 Å². The molecule has 0 atom stereocenters. The smallest absolute Gasteiger partial charge is 0.181 e. The van der Waals surface area contributed by atoms with E-state index >= 15 is 0 Å². The van der Waals surface area contributed by atoms with Gasteiger partial charge in [-0.1, -0.05) is 0 Å².